The van der Waals surface area contributed by atoms with Crippen LogP contribution < -0.4 is 0 Å². The summed E-state index contributed by atoms with van der Waals surface area (Å²) >= 11 is 7.29. The summed E-state index contributed by atoms with van der Waals surface area (Å²) in [6.07, 6.45) is -0.415. The van der Waals surface area contributed by atoms with E-state index in [-0.39, 0.29) is 18.1 Å². The monoisotopic (exact) mass is 314 g/mol. The Bertz CT molecular complexity index is 592. The quantitative estimate of drug-likeness (QED) is 0.830. The summed E-state index contributed by atoms with van der Waals surface area (Å²) in [7, 11) is 0. The molecule has 5 heteroatoms. The third-order valence-corrected chi connectivity index (χ3v) is 4.21. The third-order valence-electron chi connectivity index (χ3n) is 2.70. The zero-order valence-electron chi connectivity index (χ0n) is 10.5. The van der Waals surface area contributed by atoms with Crippen molar-refractivity contribution in [2.75, 3.05) is 5.75 Å². The van der Waals surface area contributed by atoms with Crippen LogP contribution in [-0.4, -0.2) is 17.0 Å². The van der Waals surface area contributed by atoms with Gasteiger partial charge in [0.25, 0.3) is 0 Å². The Morgan fingerprint density at radius 2 is 1.85 bits per heavy atom. The predicted octanol–water partition coefficient (Wildman–Crippen LogP) is 4.31. The van der Waals surface area contributed by atoms with Crippen LogP contribution in [0.4, 0.5) is 8.78 Å². The molecule has 0 aliphatic heterocycles. The molecule has 1 atom stereocenters. The fourth-order valence-electron chi connectivity index (χ4n) is 1.76. The summed E-state index contributed by atoms with van der Waals surface area (Å²) in [6.45, 7) is 0. The van der Waals surface area contributed by atoms with Gasteiger partial charge >= 0.3 is 0 Å². The molecule has 0 heterocycles. The van der Waals surface area contributed by atoms with Gasteiger partial charge in [0, 0.05) is 22.1 Å². The Morgan fingerprint density at radius 3 is 2.60 bits per heavy atom. The van der Waals surface area contributed by atoms with E-state index >= 15 is 0 Å². The molecule has 2 aromatic carbocycles. The lowest BCUT2D eigenvalue weighted by Crippen LogP contribution is -2.14. The molecule has 2 rings (SSSR count). The SMILES string of the molecule is OC(CSc1cccc(F)c1)Cc1cc(F)ccc1Cl. The maximum atomic E-state index is 13.1. The highest BCUT2D eigenvalue weighted by atomic mass is 35.5. The van der Waals surface area contributed by atoms with E-state index in [9.17, 15) is 13.9 Å². The Balaban J connectivity index is 1.92. The minimum Gasteiger partial charge on any atom is -0.392 e. The Hall–Kier alpha value is -1.10. The second kappa shape index (κ2) is 7.07. The van der Waals surface area contributed by atoms with Gasteiger partial charge in [-0.05, 0) is 42.0 Å². The van der Waals surface area contributed by atoms with Crippen LogP contribution in [-0.2, 0) is 6.42 Å². The number of thioether (sulfide) groups is 1. The maximum Gasteiger partial charge on any atom is 0.124 e. The van der Waals surface area contributed by atoms with Gasteiger partial charge in [-0.2, -0.15) is 0 Å². The van der Waals surface area contributed by atoms with E-state index in [1.807, 2.05) is 0 Å². The maximum absolute atomic E-state index is 13.1. The summed E-state index contributed by atoms with van der Waals surface area (Å²) in [5.41, 5.74) is 0.569. The number of hydrogen-bond donors (Lipinski definition) is 1. The summed E-state index contributed by atoms with van der Waals surface area (Å²) in [6, 6.07) is 10.2. The fourth-order valence-corrected chi connectivity index (χ4v) is 2.83. The second-order valence-corrected chi connectivity index (χ2v) is 5.86. The zero-order chi connectivity index (χ0) is 14.5. The highest BCUT2D eigenvalue weighted by Crippen LogP contribution is 2.23. The molecule has 0 saturated heterocycles. The first-order chi connectivity index (χ1) is 9.54. The lowest BCUT2D eigenvalue weighted by atomic mass is 10.1. The molecule has 1 nitrogen and oxygen atoms in total. The summed E-state index contributed by atoms with van der Waals surface area (Å²) in [5, 5.41) is 10.4. The van der Waals surface area contributed by atoms with Gasteiger partial charge in [0.1, 0.15) is 11.6 Å². The molecule has 0 saturated carbocycles. The van der Waals surface area contributed by atoms with Crippen LogP contribution in [0.15, 0.2) is 47.4 Å². The van der Waals surface area contributed by atoms with Crippen LogP contribution in [0.25, 0.3) is 0 Å². The van der Waals surface area contributed by atoms with E-state index in [0.29, 0.717) is 16.3 Å². The summed E-state index contributed by atoms with van der Waals surface area (Å²) < 4.78 is 26.1. The van der Waals surface area contributed by atoms with Crippen molar-refractivity contribution in [2.24, 2.45) is 0 Å². The van der Waals surface area contributed by atoms with Gasteiger partial charge in [-0.15, -0.1) is 11.8 Å². The van der Waals surface area contributed by atoms with Gasteiger partial charge in [0.05, 0.1) is 6.10 Å². The third kappa shape index (κ3) is 4.47. The summed E-state index contributed by atoms with van der Waals surface area (Å²) in [4.78, 5) is 0.745. The Morgan fingerprint density at radius 1 is 1.10 bits per heavy atom. The van der Waals surface area contributed by atoms with E-state index < -0.39 is 6.10 Å². The van der Waals surface area contributed by atoms with Crippen molar-refractivity contribution in [3.63, 3.8) is 0 Å². The van der Waals surface area contributed by atoms with E-state index in [1.54, 1.807) is 12.1 Å². The van der Waals surface area contributed by atoms with Gasteiger partial charge in [-0.3, -0.25) is 0 Å². The van der Waals surface area contributed by atoms with Crippen LogP contribution in [0.2, 0.25) is 5.02 Å². The van der Waals surface area contributed by atoms with Gasteiger partial charge in [-0.1, -0.05) is 17.7 Å². The van der Waals surface area contributed by atoms with Crippen molar-refractivity contribution < 1.29 is 13.9 Å². The van der Waals surface area contributed by atoms with E-state index in [2.05, 4.69) is 0 Å². The highest BCUT2D eigenvalue weighted by molar-refractivity contribution is 7.99. The molecule has 0 spiro atoms. The van der Waals surface area contributed by atoms with Crippen molar-refractivity contribution in [1.29, 1.82) is 0 Å². The topological polar surface area (TPSA) is 20.2 Å². The zero-order valence-corrected chi connectivity index (χ0v) is 12.1. The minimum atomic E-state index is -0.678. The van der Waals surface area contributed by atoms with Crippen molar-refractivity contribution in [3.05, 3.63) is 64.7 Å². The molecule has 0 radical (unpaired) electrons. The number of rotatable bonds is 5. The molecule has 0 aliphatic carbocycles. The number of aliphatic hydroxyl groups excluding tert-OH is 1. The molecule has 20 heavy (non-hydrogen) atoms. The molecule has 1 N–H and O–H groups in total. The first-order valence-electron chi connectivity index (χ1n) is 6.05. The average Bonchev–Trinajstić information content (AvgIpc) is 2.41. The molecular formula is C15H13ClF2OS. The van der Waals surface area contributed by atoms with Gasteiger partial charge in [0.2, 0.25) is 0 Å². The van der Waals surface area contributed by atoms with Crippen molar-refractivity contribution >= 4 is 23.4 Å². The number of aliphatic hydroxyl groups is 1. The summed E-state index contributed by atoms with van der Waals surface area (Å²) in [5.74, 6) is -0.303. The molecular weight excluding hydrogens is 302 g/mol. The predicted molar refractivity (Wildman–Crippen MR) is 78.2 cm³/mol. The molecule has 0 aliphatic rings. The van der Waals surface area contributed by atoms with Crippen LogP contribution in [0.3, 0.4) is 0 Å². The average molecular weight is 315 g/mol. The van der Waals surface area contributed by atoms with E-state index in [0.717, 1.165) is 4.90 Å². The molecule has 106 valence electrons. The Labute approximate surface area is 125 Å². The van der Waals surface area contributed by atoms with Crippen LogP contribution >= 0.6 is 23.4 Å². The molecule has 0 aromatic heterocycles. The molecule has 0 amide bonds. The molecule has 0 fully saturated rings. The number of halogens is 3. The van der Waals surface area contributed by atoms with Crippen LogP contribution in [0, 0.1) is 11.6 Å². The van der Waals surface area contributed by atoms with Gasteiger partial charge < -0.3 is 5.11 Å². The van der Waals surface area contributed by atoms with Crippen molar-refractivity contribution in [2.45, 2.75) is 17.4 Å². The van der Waals surface area contributed by atoms with Gasteiger partial charge in [-0.25, -0.2) is 8.78 Å². The van der Waals surface area contributed by atoms with Crippen LogP contribution in [0.5, 0.6) is 0 Å². The van der Waals surface area contributed by atoms with Crippen molar-refractivity contribution in [1.82, 2.24) is 0 Å². The first kappa shape index (κ1) is 15.3. The van der Waals surface area contributed by atoms with Crippen molar-refractivity contribution in [3.8, 4) is 0 Å². The minimum absolute atomic E-state index is 0.263. The highest BCUT2D eigenvalue weighted by Gasteiger charge is 2.10. The number of benzene rings is 2. The lowest BCUT2D eigenvalue weighted by Gasteiger charge is -2.11. The number of hydrogen-bond acceptors (Lipinski definition) is 2. The standard InChI is InChI=1S/C15H13ClF2OS/c16-15-5-4-12(18)6-10(15)7-13(19)9-20-14-3-1-2-11(17)8-14/h1-6,8,13,19H,7,9H2. The van der Waals surface area contributed by atoms with Gasteiger partial charge in [0.15, 0.2) is 0 Å². The fraction of sp³-hybridized carbons (Fsp3) is 0.200. The normalized spacial score (nSPS) is 12.4. The van der Waals surface area contributed by atoms with E-state index in [4.69, 9.17) is 11.6 Å². The first-order valence-corrected chi connectivity index (χ1v) is 7.41. The van der Waals surface area contributed by atoms with Crippen LogP contribution in [0.1, 0.15) is 5.56 Å². The molecule has 1 unspecified atom stereocenters. The second-order valence-electron chi connectivity index (χ2n) is 4.36. The molecule has 0 bridgehead atoms. The largest absolute Gasteiger partial charge is 0.392 e. The van der Waals surface area contributed by atoms with E-state index in [1.165, 1.54) is 42.1 Å². The molecule has 2 aromatic rings. The smallest absolute Gasteiger partial charge is 0.124 e. The lowest BCUT2D eigenvalue weighted by molar-refractivity contribution is 0.200. The Kier molecular flexibility index (Phi) is 5.40.